The summed E-state index contributed by atoms with van der Waals surface area (Å²) in [7, 11) is 0. The molecule has 0 saturated heterocycles. The van der Waals surface area contributed by atoms with E-state index in [1.807, 2.05) is 27.0 Å². The Bertz CT molecular complexity index is 926. The molecule has 1 unspecified atom stereocenters. The quantitative estimate of drug-likeness (QED) is 0.785. The predicted octanol–water partition coefficient (Wildman–Crippen LogP) is 3.49. The first-order valence-electron chi connectivity index (χ1n) is 7.99. The van der Waals surface area contributed by atoms with E-state index in [0.29, 0.717) is 28.3 Å². The number of amides is 1. The number of hydrogen-bond donors (Lipinski definition) is 1. The molecule has 1 atom stereocenters. The maximum absolute atomic E-state index is 13.0. The fourth-order valence-electron chi connectivity index (χ4n) is 2.94. The number of nitrogens with one attached hydrogen (secondary N) is 1. The van der Waals surface area contributed by atoms with Gasteiger partial charge in [0, 0.05) is 16.8 Å². The molecule has 0 bridgehead atoms. The summed E-state index contributed by atoms with van der Waals surface area (Å²) in [6, 6.07) is 1.76. The van der Waals surface area contributed by atoms with E-state index in [1.165, 1.54) is 0 Å². The lowest BCUT2D eigenvalue weighted by Crippen LogP contribution is -2.30. The van der Waals surface area contributed by atoms with E-state index in [0.717, 1.165) is 28.4 Å². The molecule has 0 aromatic carbocycles. The fraction of sp³-hybridized carbons (Fsp3) is 0.412. The van der Waals surface area contributed by atoms with Crippen LogP contribution in [0.4, 0.5) is 0 Å². The van der Waals surface area contributed by atoms with Crippen LogP contribution in [0, 0.1) is 26.7 Å². The number of pyridine rings is 1. The van der Waals surface area contributed by atoms with Crippen LogP contribution in [0.25, 0.3) is 11.1 Å². The molecule has 1 aliphatic rings. The normalized spacial score (nSPS) is 15.6. The highest BCUT2D eigenvalue weighted by atomic mass is 32.1. The topological polar surface area (TPSA) is 80.9 Å². The van der Waals surface area contributed by atoms with E-state index in [-0.39, 0.29) is 11.9 Å². The van der Waals surface area contributed by atoms with Gasteiger partial charge < -0.3 is 9.84 Å². The Morgan fingerprint density at radius 3 is 2.83 bits per heavy atom. The molecule has 1 amide bonds. The zero-order valence-electron chi connectivity index (χ0n) is 13.8. The maximum Gasteiger partial charge on any atom is 0.258 e. The van der Waals surface area contributed by atoms with E-state index in [9.17, 15) is 4.79 Å². The molecule has 0 radical (unpaired) electrons. The summed E-state index contributed by atoms with van der Waals surface area (Å²) >= 11 is 1.64. The second-order valence-corrected chi connectivity index (χ2v) is 7.62. The minimum atomic E-state index is -0.124. The summed E-state index contributed by atoms with van der Waals surface area (Å²) < 4.78 is 5.22. The molecular weight excluding hydrogens is 324 g/mol. The third-order valence-electron chi connectivity index (χ3n) is 4.28. The third kappa shape index (κ3) is 2.69. The highest BCUT2D eigenvalue weighted by Crippen LogP contribution is 2.42. The first kappa shape index (κ1) is 15.3. The number of carbonyl (C=O) groups is 1. The number of aryl methyl sites for hydroxylation is 3. The number of rotatable bonds is 4. The average Bonchev–Trinajstić information content (AvgIpc) is 3.20. The van der Waals surface area contributed by atoms with Crippen molar-refractivity contribution in [1.82, 2.24) is 20.4 Å². The second kappa shape index (κ2) is 5.66. The Morgan fingerprint density at radius 1 is 1.38 bits per heavy atom. The summed E-state index contributed by atoms with van der Waals surface area (Å²) in [6.45, 7) is 5.70. The molecule has 24 heavy (non-hydrogen) atoms. The van der Waals surface area contributed by atoms with Crippen LogP contribution in [0.15, 0.2) is 16.8 Å². The second-order valence-electron chi connectivity index (χ2n) is 6.36. The number of carbonyl (C=O) groups excluding carboxylic acids is 1. The van der Waals surface area contributed by atoms with Crippen molar-refractivity contribution in [2.75, 3.05) is 0 Å². The van der Waals surface area contributed by atoms with Gasteiger partial charge in [0.05, 0.1) is 22.7 Å². The van der Waals surface area contributed by atoms with Crippen LogP contribution in [-0.4, -0.2) is 21.0 Å². The number of hydrogen-bond acceptors (Lipinski definition) is 6. The van der Waals surface area contributed by atoms with Crippen LogP contribution in [0.2, 0.25) is 0 Å². The summed E-state index contributed by atoms with van der Waals surface area (Å²) in [5, 5.41) is 8.78. The summed E-state index contributed by atoms with van der Waals surface area (Å²) in [6.07, 6.45) is 4.11. The Morgan fingerprint density at radius 2 is 2.17 bits per heavy atom. The largest absolute Gasteiger partial charge is 0.342 e. The molecule has 7 heteroatoms. The molecule has 4 rings (SSSR count). The minimum absolute atomic E-state index is 0.0279. The maximum atomic E-state index is 13.0. The van der Waals surface area contributed by atoms with Crippen LogP contribution in [0.3, 0.4) is 0 Å². The van der Waals surface area contributed by atoms with E-state index < -0.39 is 0 Å². The van der Waals surface area contributed by atoms with E-state index in [2.05, 4.69) is 20.4 Å². The van der Waals surface area contributed by atoms with Crippen LogP contribution in [0.1, 0.15) is 50.5 Å². The van der Waals surface area contributed by atoms with Crippen LogP contribution in [-0.2, 0) is 0 Å². The molecule has 1 N–H and O–H groups in total. The number of aromatic nitrogens is 3. The monoisotopic (exact) mass is 342 g/mol. The summed E-state index contributed by atoms with van der Waals surface area (Å²) in [5.41, 5.74) is 2.38. The first-order chi connectivity index (χ1) is 11.5. The first-order valence-corrected chi connectivity index (χ1v) is 8.81. The van der Waals surface area contributed by atoms with Crippen LogP contribution >= 0.6 is 11.3 Å². The Labute approximate surface area is 143 Å². The Balaban J connectivity index is 1.69. The van der Waals surface area contributed by atoms with Crippen molar-refractivity contribution in [3.8, 4) is 0 Å². The Kier molecular flexibility index (Phi) is 3.60. The number of thiazole rings is 1. The lowest BCUT2D eigenvalue weighted by atomic mass is 10.1. The summed E-state index contributed by atoms with van der Waals surface area (Å²) in [4.78, 5) is 22.9. The molecule has 1 saturated carbocycles. The fourth-order valence-corrected chi connectivity index (χ4v) is 3.86. The van der Waals surface area contributed by atoms with Gasteiger partial charge in [0.1, 0.15) is 5.01 Å². The van der Waals surface area contributed by atoms with Gasteiger partial charge in [-0.25, -0.2) is 9.97 Å². The number of nitrogens with zero attached hydrogens (tertiary/aromatic N) is 3. The molecule has 3 aromatic rings. The van der Waals surface area contributed by atoms with Gasteiger partial charge in [0.2, 0.25) is 0 Å². The highest BCUT2D eigenvalue weighted by Gasteiger charge is 2.35. The van der Waals surface area contributed by atoms with Gasteiger partial charge in [-0.05, 0) is 45.6 Å². The standard InChI is InChI=1S/C17H18N4O2S/c1-8-6-12(13-10(3)21-23-16(13)19-8)15(22)20-14(11-4-5-11)17-18-7-9(2)24-17/h6-7,11,14H,4-5H2,1-3H3,(H,20,22). The van der Waals surface area contributed by atoms with E-state index >= 15 is 0 Å². The Hall–Kier alpha value is -2.28. The van der Waals surface area contributed by atoms with Crippen LogP contribution < -0.4 is 5.32 Å². The molecule has 124 valence electrons. The summed E-state index contributed by atoms with van der Waals surface area (Å²) in [5.74, 6) is 0.350. The van der Waals surface area contributed by atoms with Gasteiger partial charge in [-0.3, -0.25) is 4.79 Å². The van der Waals surface area contributed by atoms with Crippen LogP contribution in [0.5, 0.6) is 0 Å². The zero-order chi connectivity index (χ0) is 16.8. The van der Waals surface area contributed by atoms with Crippen molar-refractivity contribution in [1.29, 1.82) is 0 Å². The van der Waals surface area contributed by atoms with Gasteiger partial charge in [-0.2, -0.15) is 0 Å². The van der Waals surface area contributed by atoms with Crippen molar-refractivity contribution in [3.63, 3.8) is 0 Å². The molecule has 0 aliphatic heterocycles. The molecule has 6 nitrogen and oxygen atoms in total. The van der Waals surface area contributed by atoms with Crippen molar-refractivity contribution < 1.29 is 9.32 Å². The van der Waals surface area contributed by atoms with Gasteiger partial charge in [-0.1, -0.05) is 5.16 Å². The van der Waals surface area contributed by atoms with Gasteiger partial charge >= 0.3 is 0 Å². The average molecular weight is 342 g/mol. The lowest BCUT2D eigenvalue weighted by Gasteiger charge is -2.16. The van der Waals surface area contributed by atoms with Crippen molar-refractivity contribution in [2.24, 2.45) is 5.92 Å². The van der Waals surface area contributed by atoms with E-state index in [1.54, 1.807) is 17.4 Å². The smallest absolute Gasteiger partial charge is 0.258 e. The number of fused-ring (bicyclic) bond motifs is 1. The van der Waals surface area contributed by atoms with Crippen molar-refractivity contribution in [2.45, 2.75) is 39.7 Å². The molecule has 3 heterocycles. The highest BCUT2D eigenvalue weighted by molar-refractivity contribution is 7.11. The van der Waals surface area contributed by atoms with E-state index in [4.69, 9.17) is 4.52 Å². The van der Waals surface area contributed by atoms with Crippen molar-refractivity contribution >= 4 is 28.3 Å². The van der Waals surface area contributed by atoms with Gasteiger partial charge in [0.15, 0.2) is 0 Å². The molecule has 3 aromatic heterocycles. The van der Waals surface area contributed by atoms with Gasteiger partial charge in [0.25, 0.3) is 11.6 Å². The lowest BCUT2D eigenvalue weighted by molar-refractivity contribution is 0.0933. The van der Waals surface area contributed by atoms with Gasteiger partial charge in [-0.15, -0.1) is 11.3 Å². The molecule has 1 fully saturated rings. The molecule has 0 spiro atoms. The predicted molar refractivity (Wildman–Crippen MR) is 91.1 cm³/mol. The SMILES string of the molecule is Cc1cc(C(=O)NC(c2ncc(C)s2)C2CC2)c2c(C)noc2n1. The minimum Gasteiger partial charge on any atom is -0.342 e. The zero-order valence-corrected chi connectivity index (χ0v) is 14.6. The molecular formula is C17H18N4O2S. The molecule has 1 aliphatic carbocycles. The van der Waals surface area contributed by atoms with Crippen molar-refractivity contribution in [3.05, 3.63) is 39.1 Å². The third-order valence-corrected chi connectivity index (χ3v) is 5.27.